The molecule has 1 aromatic carbocycles. The number of para-hydroxylation sites is 2. The fourth-order valence-corrected chi connectivity index (χ4v) is 3.16. The molecule has 0 bridgehead atoms. The summed E-state index contributed by atoms with van der Waals surface area (Å²) in [6.07, 6.45) is -0.910. The van der Waals surface area contributed by atoms with Crippen molar-refractivity contribution in [2.24, 2.45) is 0 Å². The van der Waals surface area contributed by atoms with Crippen molar-refractivity contribution in [3.63, 3.8) is 0 Å². The number of methoxy groups -OCH3 is 1. The summed E-state index contributed by atoms with van der Waals surface area (Å²) in [6, 6.07) is 7.02. The fourth-order valence-electron chi connectivity index (χ4n) is 2.21. The minimum Gasteiger partial charge on any atom is -0.495 e. The van der Waals surface area contributed by atoms with Crippen molar-refractivity contribution in [3.05, 3.63) is 41.3 Å². The number of benzene rings is 1. The van der Waals surface area contributed by atoms with Crippen molar-refractivity contribution < 1.29 is 23.6 Å². The Morgan fingerprint density at radius 1 is 1.31 bits per heavy atom. The zero-order valence-corrected chi connectivity index (χ0v) is 16.0. The number of hydrogen-bond acceptors (Lipinski definition) is 7. The summed E-state index contributed by atoms with van der Waals surface area (Å²) < 4.78 is 15.4. The van der Waals surface area contributed by atoms with Gasteiger partial charge >= 0.3 is 5.97 Å². The summed E-state index contributed by atoms with van der Waals surface area (Å²) >= 11 is 1.38. The molecule has 1 amide bonds. The first kappa shape index (κ1) is 19.8. The molecule has 2 aromatic rings. The summed E-state index contributed by atoms with van der Waals surface area (Å²) in [6.45, 7) is 5.22. The maximum Gasteiger partial charge on any atom is 0.316 e. The van der Waals surface area contributed by atoms with Gasteiger partial charge in [-0.25, -0.2) is 0 Å². The van der Waals surface area contributed by atoms with Gasteiger partial charge in [-0.2, -0.15) is 0 Å². The lowest BCUT2D eigenvalue weighted by atomic mass is 10.2. The van der Waals surface area contributed by atoms with Gasteiger partial charge in [-0.1, -0.05) is 17.3 Å². The summed E-state index contributed by atoms with van der Waals surface area (Å²) in [4.78, 5) is 24.1. The standard InChI is InChI=1S/C18H22N2O5S/c1-11-14(12(2)25-20-11)9-26-10-17(21)24-13(3)18(22)19-15-7-5-6-8-16(15)23-4/h5-8,13H,9-10H2,1-4H3,(H,19,22)/t13-/m1/s1. The molecule has 2 rings (SSSR count). The molecule has 0 aliphatic carbocycles. The molecule has 0 unspecified atom stereocenters. The van der Waals surface area contributed by atoms with Gasteiger partial charge in [0, 0.05) is 11.3 Å². The number of aromatic nitrogens is 1. The van der Waals surface area contributed by atoms with Crippen LogP contribution in [0.1, 0.15) is 23.9 Å². The maximum atomic E-state index is 12.2. The second-order valence-corrected chi connectivity index (χ2v) is 6.60. The van der Waals surface area contributed by atoms with E-state index in [1.54, 1.807) is 24.3 Å². The van der Waals surface area contributed by atoms with Crippen molar-refractivity contribution in [1.82, 2.24) is 5.16 Å². The monoisotopic (exact) mass is 378 g/mol. The number of ether oxygens (including phenoxy) is 2. The second-order valence-electron chi connectivity index (χ2n) is 5.62. The molecule has 7 nitrogen and oxygen atoms in total. The highest BCUT2D eigenvalue weighted by molar-refractivity contribution is 7.99. The first-order chi connectivity index (χ1) is 12.4. The quantitative estimate of drug-likeness (QED) is 0.706. The number of amides is 1. The van der Waals surface area contributed by atoms with Gasteiger partial charge in [0.2, 0.25) is 0 Å². The van der Waals surface area contributed by atoms with Crippen LogP contribution < -0.4 is 10.1 Å². The fraction of sp³-hybridized carbons (Fsp3) is 0.389. The van der Waals surface area contributed by atoms with E-state index in [2.05, 4.69) is 10.5 Å². The predicted octanol–water partition coefficient (Wildman–Crippen LogP) is 3.10. The van der Waals surface area contributed by atoms with Crippen molar-refractivity contribution in [2.75, 3.05) is 18.2 Å². The van der Waals surface area contributed by atoms with Crippen LogP contribution >= 0.6 is 11.8 Å². The number of nitrogens with zero attached hydrogens (tertiary/aromatic N) is 1. The lowest BCUT2D eigenvalue weighted by Gasteiger charge is -2.15. The number of carbonyl (C=O) groups is 2. The van der Waals surface area contributed by atoms with Crippen molar-refractivity contribution >= 4 is 29.3 Å². The molecule has 0 spiro atoms. The van der Waals surface area contributed by atoms with Crippen LogP contribution in [0.3, 0.4) is 0 Å². The van der Waals surface area contributed by atoms with E-state index in [0.29, 0.717) is 17.2 Å². The van der Waals surface area contributed by atoms with E-state index in [-0.39, 0.29) is 5.75 Å². The van der Waals surface area contributed by atoms with Crippen LogP contribution in [-0.4, -0.2) is 36.0 Å². The van der Waals surface area contributed by atoms with Gasteiger partial charge in [-0.05, 0) is 32.9 Å². The highest BCUT2D eigenvalue weighted by Gasteiger charge is 2.19. The molecule has 8 heteroatoms. The molecule has 140 valence electrons. The third-order valence-electron chi connectivity index (χ3n) is 3.69. The number of nitrogens with one attached hydrogen (secondary N) is 1. The van der Waals surface area contributed by atoms with Gasteiger partial charge in [-0.3, -0.25) is 9.59 Å². The highest BCUT2D eigenvalue weighted by Crippen LogP contribution is 2.23. The molecule has 1 heterocycles. The molecule has 1 atom stereocenters. The topological polar surface area (TPSA) is 90.7 Å². The van der Waals surface area contributed by atoms with Crippen LogP contribution in [0.15, 0.2) is 28.8 Å². The van der Waals surface area contributed by atoms with Gasteiger partial charge in [0.25, 0.3) is 5.91 Å². The van der Waals surface area contributed by atoms with Gasteiger partial charge in [-0.15, -0.1) is 11.8 Å². The molecule has 0 fully saturated rings. The molecule has 0 saturated carbocycles. The maximum absolute atomic E-state index is 12.2. The summed E-state index contributed by atoms with van der Waals surface area (Å²) in [5.41, 5.74) is 2.31. The first-order valence-electron chi connectivity index (χ1n) is 8.05. The molecular formula is C18H22N2O5S. The smallest absolute Gasteiger partial charge is 0.316 e. The number of thioether (sulfide) groups is 1. The number of esters is 1. The molecule has 0 saturated heterocycles. The Morgan fingerprint density at radius 2 is 2.04 bits per heavy atom. The lowest BCUT2D eigenvalue weighted by Crippen LogP contribution is -2.30. The highest BCUT2D eigenvalue weighted by atomic mass is 32.2. The van der Waals surface area contributed by atoms with Crippen molar-refractivity contribution in [3.8, 4) is 5.75 Å². The molecule has 26 heavy (non-hydrogen) atoms. The average molecular weight is 378 g/mol. The van der Waals surface area contributed by atoms with E-state index in [1.807, 2.05) is 13.8 Å². The summed E-state index contributed by atoms with van der Waals surface area (Å²) in [7, 11) is 1.52. The van der Waals surface area contributed by atoms with Crippen LogP contribution in [0.25, 0.3) is 0 Å². The Morgan fingerprint density at radius 3 is 2.69 bits per heavy atom. The third kappa shape index (κ3) is 5.26. The largest absolute Gasteiger partial charge is 0.495 e. The summed E-state index contributed by atoms with van der Waals surface area (Å²) in [5, 5.41) is 6.56. The first-order valence-corrected chi connectivity index (χ1v) is 9.20. The number of carbonyl (C=O) groups excluding carboxylic acids is 2. The van der Waals surface area contributed by atoms with E-state index < -0.39 is 18.0 Å². The zero-order valence-electron chi connectivity index (χ0n) is 15.2. The minimum atomic E-state index is -0.910. The molecule has 0 radical (unpaired) electrons. The number of aryl methyl sites for hydroxylation is 2. The van der Waals surface area contributed by atoms with Crippen molar-refractivity contribution in [2.45, 2.75) is 32.6 Å². The van der Waals surface area contributed by atoms with Crippen LogP contribution in [0.4, 0.5) is 5.69 Å². The van der Waals surface area contributed by atoms with Gasteiger partial charge in [0.15, 0.2) is 6.10 Å². The summed E-state index contributed by atoms with van der Waals surface area (Å²) in [5.74, 6) is 1.14. The molecule has 1 N–H and O–H groups in total. The minimum absolute atomic E-state index is 0.135. The van der Waals surface area contributed by atoms with Crippen LogP contribution in [-0.2, 0) is 20.1 Å². The number of rotatable bonds is 8. The van der Waals surface area contributed by atoms with Gasteiger partial charge in [0.1, 0.15) is 11.5 Å². The second kappa shape index (κ2) is 9.28. The molecule has 1 aromatic heterocycles. The normalized spacial score (nSPS) is 11.7. The van der Waals surface area contributed by atoms with E-state index in [4.69, 9.17) is 14.0 Å². The SMILES string of the molecule is COc1ccccc1NC(=O)[C@@H](C)OC(=O)CSCc1c(C)noc1C. The number of anilines is 1. The van der Waals surface area contributed by atoms with Gasteiger partial charge < -0.3 is 19.3 Å². The lowest BCUT2D eigenvalue weighted by molar-refractivity contribution is -0.150. The van der Waals surface area contributed by atoms with E-state index in [0.717, 1.165) is 17.0 Å². The average Bonchev–Trinajstić information content (AvgIpc) is 2.94. The van der Waals surface area contributed by atoms with E-state index >= 15 is 0 Å². The van der Waals surface area contributed by atoms with Crippen molar-refractivity contribution in [1.29, 1.82) is 0 Å². The Kier molecular flexibility index (Phi) is 7.08. The van der Waals surface area contributed by atoms with E-state index in [9.17, 15) is 9.59 Å². The molecular weight excluding hydrogens is 356 g/mol. The predicted molar refractivity (Wildman–Crippen MR) is 99.3 cm³/mol. The Balaban J connectivity index is 1.80. The molecule has 0 aliphatic rings. The Hall–Kier alpha value is -2.48. The van der Waals surface area contributed by atoms with Crippen LogP contribution in [0.2, 0.25) is 0 Å². The van der Waals surface area contributed by atoms with E-state index in [1.165, 1.54) is 25.8 Å². The third-order valence-corrected chi connectivity index (χ3v) is 4.62. The molecule has 0 aliphatic heterocycles. The Bertz CT molecular complexity index is 755. The van der Waals surface area contributed by atoms with Crippen LogP contribution in [0, 0.1) is 13.8 Å². The zero-order chi connectivity index (χ0) is 19.1. The van der Waals surface area contributed by atoms with Crippen LogP contribution in [0.5, 0.6) is 5.75 Å². The Labute approximate surface area is 156 Å². The number of hydrogen-bond donors (Lipinski definition) is 1. The van der Waals surface area contributed by atoms with Gasteiger partial charge in [0.05, 0.1) is 24.2 Å².